The van der Waals surface area contributed by atoms with Gasteiger partial charge in [-0.25, -0.2) is 0 Å². The summed E-state index contributed by atoms with van der Waals surface area (Å²) in [4.78, 5) is 48.1. The Balaban J connectivity index is 0.781. The Morgan fingerprint density at radius 1 is 0.836 bits per heavy atom. The molecule has 3 aromatic carbocycles. The SMILES string of the molecule is CN(CC1(c2ccccc2)CCN(c2cnnc(-c3ccccc3O)c2)CC1)C(=O)[C@@H]1CCN(CCC2CCN(c3ccc([C@H]4CCC(=O)NC4=O)cc3)CC2)C2(CCC2)C1. The van der Waals surface area contributed by atoms with Crippen LogP contribution in [0.15, 0.2) is 91.1 Å². The first-order valence-corrected chi connectivity index (χ1v) is 22.8. The summed E-state index contributed by atoms with van der Waals surface area (Å²) in [5, 5.41) is 21.6. The van der Waals surface area contributed by atoms with E-state index in [9.17, 15) is 19.5 Å². The number of likely N-dealkylation sites (tertiary alicyclic amines) is 1. The fraction of sp³-hybridized carbons (Fsp3) is 0.500. The van der Waals surface area contributed by atoms with Gasteiger partial charge in [0, 0.05) is 74.3 Å². The van der Waals surface area contributed by atoms with Gasteiger partial charge in [0.15, 0.2) is 0 Å². The highest BCUT2D eigenvalue weighted by atomic mass is 16.3. The van der Waals surface area contributed by atoms with Gasteiger partial charge in [0.1, 0.15) is 5.75 Å². The number of nitrogens with one attached hydrogen (secondary N) is 1. The number of phenolic OH excluding ortho intramolecular Hbond substituents is 1. The first kappa shape index (κ1) is 41.1. The minimum Gasteiger partial charge on any atom is -0.507 e. The highest BCUT2D eigenvalue weighted by Crippen LogP contribution is 2.47. The van der Waals surface area contributed by atoms with Crippen molar-refractivity contribution < 1.29 is 19.5 Å². The lowest BCUT2D eigenvalue weighted by molar-refractivity contribution is -0.141. The Labute approximate surface area is 360 Å². The molecule has 11 heteroatoms. The molecule has 320 valence electrons. The number of carbonyl (C=O) groups excluding carboxylic acids is 3. The smallest absolute Gasteiger partial charge is 0.234 e. The van der Waals surface area contributed by atoms with Gasteiger partial charge in [-0.1, -0.05) is 54.6 Å². The summed E-state index contributed by atoms with van der Waals surface area (Å²) in [5.74, 6) is 0.677. The quantitative estimate of drug-likeness (QED) is 0.150. The van der Waals surface area contributed by atoms with Crippen LogP contribution in [0.2, 0.25) is 0 Å². The summed E-state index contributed by atoms with van der Waals surface area (Å²) < 4.78 is 0. The molecule has 2 atom stereocenters. The van der Waals surface area contributed by atoms with Crippen molar-refractivity contribution >= 4 is 29.1 Å². The molecule has 5 heterocycles. The van der Waals surface area contributed by atoms with E-state index in [1.54, 1.807) is 6.07 Å². The van der Waals surface area contributed by atoms with Crippen molar-refractivity contribution in [3.05, 3.63) is 102 Å². The average Bonchev–Trinajstić information content (AvgIpc) is 3.28. The number of piperidine rings is 4. The van der Waals surface area contributed by atoms with Crippen LogP contribution in [0, 0.1) is 11.8 Å². The molecule has 9 rings (SSSR count). The maximum absolute atomic E-state index is 14.5. The fourth-order valence-electron chi connectivity index (χ4n) is 11.4. The van der Waals surface area contributed by atoms with Crippen LogP contribution in [0.25, 0.3) is 11.3 Å². The summed E-state index contributed by atoms with van der Waals surface area (Å²) >= 11 is 0. The van der Waals surface area contributed by atoms with Crippen LogP contribution >= 0.6 is 0 Å². The van der Waals surface area contributed by atoms with Crippen LogP contribution in [0.3, 0.4) is 0 Å². The van der Waals surface area contributed by atoms with E-state index in [4.69, 9.17) is 0 Å². The van der Waals surface area contributed by atoms with Crippen LogP contribution in [-0.4, -0.2) is 101 Å². The molecule has 1 aliphatic carbocycles. The van der Waals surface area contributed by atoms with Gasteiger partial charge < -0.3 is 19.8 Å². The van der Waals surface area contributed by atoms with Crippen molar-refractivity contribution in [1.29, 1.82) is 0 Å². The fourth-order valence-corrected chi connectivity index (χ4v) is 11.4. The first-order valence-electron chi connectivity index (χ1n) is 22.8. The molecule has 5 aliphatic rings. The number of aromatic nitrogens is 2. The predicted octanol–water partition coefficient (Wildman–Crippen LogP) is 7.31. The minimum atomic E-state index is -0.243. The molecule has 1 aromatic heterocycles. The van der Waals surface area contributed by atoms with E-state index in [-0.39, 0.29) is 40.4 Å². The molecule has 0 bridgehead atoms. The number of hydrogen-bond donors (Lipinski definition) is 2. The largest absolute Gasteiger partial charge is 0.507 e. The zero-order chi connectivity index (χ0) is 42.0. The Hall–Kier alpha value is -5.29. The second kappa shape index (κ2) is 17.6. The number of phenols is 1. The summed E-state index contributed by atoms with van der Waals surface area (Å²) in [6.07, 6.45) is 13.8. The van der Waals surface area contributed by atoms with Crippen molar-refractivity contribution in [2.45, 2.75) is 93.9 Å². The molecule has 1 saturated carbocycles. The summed E-state index contributed by atoms with van der Waals surface area (Å²) in [5.41, 5.74) is 5.85. The number of likely N-dealkylation sites (N-methyl/N-ethyl adjacent to an activating group) is 1. The number of aromatic hydroxyl groups is 1. The summed E-state index contributed by atoms with van der Waals surface area (Å²) in [6, 6.07) is 28.5. The molecule has 3 amide bonds. The molecule has 1 spiro atoms. The third-order valence-corrected chi connectivity index (χ3v) is 15.2. The molecule has 4 aromatic rings. The van der Waals surface area contributed by atoms with Crippen LogP contribution < -0.4 is 15.1 Å². The normalized spacial score (nSPS) is 23.0. The molecule has 11 nitrogen and oxygen atoms in total. The van der Waals surface area contributed by atoms with Gasteiger partial charge >= 0.3 is 0 Å². The van der Waals surface area contributed by atoms with Crippen LogP contribution in [-0.2, 0) is 19.8 Å². The van der Waals surface area contributed by atoms with Crippen LogP contribution in [0.1, 0.15) is 94.1 Å². The van der Waals surface area contributed by atoms with E-state index in [1.165, 1.54) is 49.8 Å². The molecule has 5 fully saturated rings. The lowest BCUT2D eigenvalue weighted by Crippen LogP contribution is -2.60. The molecule has 2 N–H and O–H groups in total. The van der Waals surface area contributed by atoms with Gasteiger partial charge in [0.05, 0.1) is 23.5 Å². The monoisotopic (exact) mass is 823 g/mol. The van der Waals surface area contributed by atoms with Gasteiger partial charge in [-0.3, -0.25) is 24.6 Å². The second-order valence-electron chi connectivity index (χ2n) is 18.7. The number of imide groups is 1. The molecular formula is C50H61N7O4. The predicted molar refractivity (Wildman–Crippen MR) is 238 cm³/mol. The standard InChI is InChI=1S/C50H61N7O4/c1-54(35-49(39-8-3-2-4-9-39)24-30-56(31-25-49)41-32-44(53-51-34-41)43-10-5-6-11-45(43)58)48(61)38-21-29-57(50(33-38)22-7-23-50)28-20-36-18-26-55(27-19-36)40-14-12-37(13-15-40)42-16-17-46(59)52-47(42)60/h2-6,8-15,32,34,36,38,42,58H,7,16-31,33,35H2,1H3,(H,52,59,60)/t38-,42-/m1/s1. The topological polar surface area (TPSA) is 122 Å². The van der Waals surface area contributed by atoms with Crippen LogP contribution in [0.4, 0.5) is 11.4 Å². The Kier molecular flexibility index (Phi) is 11.8. The zero-order valence-electron chi connectivity index (χ0n) is 35.7. The molecule has 4 aliphatic heterocycles. The van der Waals surface area contributed by atoms with Crippen LogP contribution in [0.5, 0.6) is 5.75 Å². The number of hydrogen-bond acceptors (Lipinski definition) is 9. The van der Waals surface area contributed by atoms with Crippen molar-refractivity contribution in [1.82, 2.24) is 25.3 Å². The van der Waals surface area contributed by atoms with Gasteiger partial charge in [-0.05, 0) is 131 Å². The Morgan fingerprint density at radius 2 is 1.56 bits per heavy atom. The number of amides is 3. The van der Waals surface area contributed by atoms with E-state index in [2.05, 4.69) is 89.7 Å². The molecule has 61 heavy (non-hydrogen) atoms. The van der Waals surface area contributed by atoms with Crippen molar-refractivity contribution in [3.8, 4) is 17.0 Å². The number of anilines is 2. The highest BCUT2D eigenvalue weighted by molar-refractivity contribution is 6.01. The number of rotatable bonds is 11. The summed E-state index contributed by atoms with van der Waals surface area (Å²) in [6.45, 7) is 6.59. The maximum atomic E-state index is 14.5. The van der Waals surface area contributed by atoms with Crippen molar-refractivity contribution in [2.24, 2.45) is 11.8 Å². The van der Waals surface area contributed by atoms with Gasteiger partial charge in [-0.2, -0.15) is 10.2 Å². The number of para-hydroxylation sites is 1. The first-order chi connectivity index (χ1) is 29.7. The van der Waals surface area contributed by atoms with Gasteiger partial charge in [0.25, 0.3) is 0 Å². The van der Waals surface area contributed by atoms with E-state index >= 15 is 0 Å². The minimum absolute atomic E-state index is 0.0646. The Bertz CT molecular complexity index is 2180. The van der Waals surface area contributed by atoms with E-state index < -0.39 is 0 Å². The molecular weight excluding hydrogens is 763 g/mol. The third-order valence-electron chi connectivity index (χ3n) is 15.2. The van der Waals surface area contributed by atoms with E-state index in [0.29, 0.717) is 42.5 Å². The highest BCUT2D eigenvalue weighted by Gasteiger charge is 2.49. The summed E-state index contributed by atoms with van der Waals surface area (Å²) in [7, 11) is 2.05. The van der Waals surface area contributed by atoms with Gasteiger partial charge in [-0.15, -0.1) is 0 Å². The van der Waals surface area contributed by atoms with Crippen molar-refractivity contribution in [2.75, 3.05) is 62.7 Å². The molecule has 0 radical (unpaired) electrons. The Morgan fingerprint density at radius 3 is 2.26 bits per heavy atom. The number of carbonyl (C=O) groups is 3. The second-order valence-corrected chi connectivity index (χ2v) is 18.7. The van der Waals surface area contributed by atoms with Gasteiger partial charge in [0.2, 0.25) is 17.7 Å². The molecule has 4 saturated heterocycles. The zero-order valence-corrected chi connectivity index (χ0v) is 35.7. The number of benzene rings is 3. The third kappa shape index (κ3) is 8.63. The molecule has 0 unspecified atom stereocenters. The lowest BCUT2D eigenvalue weighted by Gasteiger charge is -2.56. The van der Waals surface area contributed by atoms with E-state index in [1.807, 2.05) is 37.5 Å². The van der Waals surface area contributed by atoms with E-state index in [0.717, 1.165) is 76.2 Å². The maximum Gasteiger partial charge on any atom is 0.234 e. The lowest BCUT2D eigenvalue weighted by atomic mass is 9.66. The average molecular weight is 824 g/mol. The van der Waals surface area contributed by atoms with Crippen molar-refractivity contribution in [3.63, 3.8) is 0 Å². The number of nitrogens with zero attached hydrogens (tertiary/aromatic N) is 6.